The van der Waals surface area contributed by atoms with Gasteiger partial charge >= 0.3 is 5.97 Å². The van der Waals surface area contributed by atoms with Gasteiger partial charge in [-0.05, 0) is 18.2 Å². The van der Waals surface area contributed by atoms with Crippen LogP contribution in [0.3, 0.4) is 0 Å². The van der Waals surface area contributed by atoms with E-state index < -0.39 is 5.97 Å². The number of benzene rings is 1. The lowest BCUT2D eigenvalue weighted by Crippen LogP contribution is -1.94. The van der Waals surface area contributed by atoms with Gasteiger partial charge < -0.3 is 14.2 Å². The second kappa shape index (κ2) is 3.69. The van der Waals surface area contributed by atoms with Crippen LogP contribution < -0.4 is 0 Å². The third-order valence-electron chi connectivity index (χ3n) is 2.74. The summed E-state index contributed by atoms with van der Waals surface area (Å²) in [6.45, 7) is 0. The van der Waals surface area contributed by atoms with Gasteiger partial charge in [0.1, 0.15) is 0 Å². The monoisotopic (exact) mass is 243 g/mol. The van der Waals surface area contributed by atoms with E-state index in [0.29, 0.717) is 5.76 Å². The van der Waals surface area contributed by atoms with Crippen LogP contribution in [0, 0.1) is 0 Å². The van der Waals surface area contributed by atoms with E-state index in [1.165, 1.54) is 6.07 Å². The Kier molecular flexibility index (Phi) is 2.16. The van der Waals surface area contributed by atoms with Crippen molar-refractivity contribution in [2.24, 2.45) is 7.05 Å². The van der Waals surface area contributed by atoms with Gasteiger partial charge in [0.2, 0.25) is 0 Å². The molecule has 0 fully saturated rings. The molecule has 2 aromatic heterocycles. The molecule has 0 aliphatic rings. The van der Waals surface area contributed by atoms with Crippen molar-refractivity contribution in [2.45, 2.75) is 0 Å². The van der Waals surface area contributed by atoms with E-state index in [2.05, 4.69) is 10.1 Å². The fourth-order valence-corrected chi connectivity index (χ4v) is 1.80. The largest absolute Gasteiger partial charge is 0.476 e. The van der Waals surface area contributed by atoms with Crippen molar-refractivity contribution in [2.75, 3.05) is 0 Å². The van der Waals surface area contributed by atoms with Crippen molar-refractivity contribution in [3.05, 3.63) is 36.3 Å². The molecule has 3 rings (SSSR count). The van der Waals surface area contributed by atoms with Crippen LogP contribution in [0.1, 0.15) is 10.5 Å². The minimum Gasteiger partial charge on any atom is -0.476 e. The SMILES string of the molecule is Cn1cnc2cc(-c3cc(C(=O)O)no3)ccc21. The zero-order valence-corrected chi connectivity index (χ0v) is 9.49. The molecule has 0 amide bonds. The minimum absolute atomic E-state index is 0.105. The van der Waals surface area contributed by atoms with Gasteiger partial charge in [-0.1, -0.05) is 5.16 Å². The highest BCUT2D eigenvalue weighted by Crippen LogP contribution is 2.24. The van der Waals surface area contributed by atoms with Gasteiger partial charge in [-0.25, -0.2) is 9.78 Å². The summed E-state index contributed by atoms with van der Waals surface area (Å²) in [6, 6.07) is 6.98. The quantitative estimate of drug-likeness (QED) is 0.743. The molecule has 0 bridgehead atoms. The lowest BCUT2D eigenvalue weighted by Gasteiger charge is -1.96. The smallest absolute Gasteiger partial charge is 0.358 e. The van der Waals surface area contributed by atoms with Crippen LogP contribution in [0.2, 0.25) is 0 Å². The number of imidazole rings is 1. The van der Waals surface area contributed by atoms with Crippen molar-refractivity contribution < 1.29 is 14.4 Å². The molecule has 6 heteroatoms. The first-order valence-electron chi connectivity index (χ1n) is 5.26. The summed E-state index contributed by atoms with van der Waals surface area (Å²) in [5, 5.41) is 12.3. The molecule has 90 valence electrons. The highest BCUT2D eigenvalue weighted by atomic mass is 16.5. The third-order valence-corrected chi connectivity index (χ3v) is 2.74. The molecule has 0 saturated heterocycles. The maximum absolute atomic E-state index is 10.7. The second-order valence-corrected chi connectivity index (χ2v) is 3.94. The second-order valence-electron chi connectivity index (χ2n) is 3.94. The van der Waals surface area contributed by atoms with E-state index in [-0.39, 0.29) is 5.69 Å². The Morgan fingerprint density at radius 1 is 1.39 bits per heavy atom. The number of carboxylic acid groups (broad SMARTS) is 1. The molecule has 0 spiro atoms. The van der Waals surface area contributed by atoms with E-state index in [4.69, 9.17) is 9.63 Å². The standard InChI is InChI=1S/C12H9N3O3/c1-15-6-13-8-4-7(2-3-10(8)15)11-5-9(12(16)17)14-18-11/h2-6H,1H3,(H,16,17). The van der Waals surface area contributed by atoms with Gasteiger partial charge in [0.25, 0.3) is 0 Å². The molecule has 0 saturated carbocycles. The predicted molar refractivity (Wildman–Crippen MR) is 63.2 cm³/mol. The van der Waals surface area contributed by atoms with Crippen molar-refractivity contribution >= 4 is 17.0 Å². The number of carboxylic acids is 1. The molecule has 1 aromatic carbocycles. The van der Waals surface area contributed by atoms with Crippen LogP contribution in [0.5, 0.6) is 0 Å². The molecule has 1 N–H and O–H groups in total. The highest BCUT2D eigenvalue weighted by Gasteiger charge is 2.12. The number of aryl methyl sites for hydroxylation is 1. The Morgan fingerprint density at radius 2 is 2.22 bits per heavy atom. The van der Waals surface area contributed by atoms with Gasteiger partial charge in [-0.3, -0.25) is 0 Å². The van der Waals surface area contributed by atoms with Crippen LogP contribution in [0.25, 0.3) is 22.4 Å². The van der Waals surface area contributed by atoms with Crippen molar-refractivity contribution in [3.8, 4) is 11.3 Å². The van der Waals surface area contributed by atoms with Crippen molar-refractivity contribution in [1.82, 2.24) is 14.7 Å². The fraction of sp³-hybridized carbons (Fsp3) is 0.0833. The molecule has 2 heterocycles. The Labute approximate surface area is 101 Å². The maximum atomic E-state index is 10.7. The van der Waals surface area contributed by atoms with Gasteiger partial charge in [0.15, 0.2) is 11.5 Å². The van der Waals surface area contributed by atoms with Crippen molar-refractivity contribution in [3.63, 3.8) is 0 Å². The third kappa shape index (κ3) is 1.55. The Morgan fingerprint density at radius 3 is 2.94 bits per heavy atom. The summed E-state index contributed by atoms with van der Waals surface area (Å²) in [5.74, 6) is -0.691. The molecule has 0 aliphatic carbocycles. The van der Waals surface area contributed by atoms with E-state index >= 15 is 0 Å². The predicted octanol–water partition coefficient (Wildman–Crippen LogP) is 1.93. The van der Waals surface area contributed by atoms with Crippen LogP contribution in [-0.2, 0) is 7.05 Å². The lowest BCUT2D eigenvalue weighted by molar-refractivity contribution is 0.0686. The van der Waals surface area contributed by atoms with E-state index in [9.17, 15) is 4.79 Å². The normalized spacial score (nSPS) is 10.9. The fourth-order valence-electron chi connectivity index (χ4n) is 1.80. The topological polar surface area (TPSA) is 81.2 Å². The molecule has 3 aromatic rings. The summed E-state index contributed by atoms with van der Waals surface area (Å²) >= 11 is 0. The first kappa shape index (κ1) is 10.5. The first-order chi connectivity index (χ1) is 8.65. The molecule has 18 heavy (non-hydrogen) atoms. The van der Waals surface area contributed by atoms with Crippen LogP contribution in [0.15, 0.2) is 35.1 Å². The van der Waals surface area contributed by atoms with Gasteiger partial charge in [0.05, 0.1) is 17.4 Å². The first-order valence-corrected chi connectivity index (χ1v) is 5.26. The average Bonchev–Trinajstić information content (AvgIpc) is 2.96. The van der Waals surface area contributed by atoms with Gasteiger partial charge in [-0.15, -0.1) is 0 Å². The number of carbonyl (C=O) groups is 1. The minimum atomic E-state index is -1.11. The lowest BCUT2D eigenvalue weighted by atomic mass is 10.1. The van der Waals surface area contributed by atoms with Crippen LogP contribution >= 0.6 is 0 Å². The molecule has 6 nitrogen and oxygen atoms in total. The van der Waals surface area contributed by atoms with Crippen molar-refractivity contribution in [1.29, 1.82) is 0 Å². The molecule has 0 aliphatic heterocycles. The molecule has 0 radical (unpaired) electrons. The van der Waals surface area contributed by atoms with Crippen LogP contribution in [0.4, 0.5) is 0 Å². The Bertz CT molecular complexity index is 742. The maximum Gasteiger partial charge on any atom is 0.358 e. The van der Waals surface area contributed by atoms with Gasteiger partial charge in [-0.2, -0.15) is 0 Å². The van der Waals surface area contributed by atoms with E-state index in [1.54, 1.807) is 6.33 Å². The van der Waals surface area contributed by atoms with E-state index in [1.807, 2.05) is 29.8 Å². The summed E-state index contributed by atoms with van der Waals surface area (Å²) in [6.07, 6.45) is 1.72. The number of rotatable bonds is 2. The zero-order valence-electron chi connectivity index (χ0n) is 9.49. The molecule has 0 unspecified atom stereocenters. The number of hydrogen-bond donors (Lipinski definition) is 1. The average molecular weight is 243 g/mol. The zero-order chi connectivity index (χ0) is 12.7. The summed E-state index contributed by atoms with van der Waals surface area (Å²) < 4.78 is 6.91. The number of aromatic nitrogens is 3. The number of aromatic carboxylic acids is 1. The number of hydrogen-bond acceptors (Lipinski definition) is 4. The summed E-state index contributed by atoms with van der Waals surface area (Å²) in [7, 11) is 1.91. The number of fused-ring (bicyclic) bond motifs is 1. The molecular weight excluding hydrogens is 234 g/mol. The van der Waals surface area contributed by atoms with Gasteiger partial charge in [0, 0.05) is 18.7 Å². The number of nitrogens with zero attached hydrogens (tertiary/aromatic N) is 3. The Balaban J connectivity index is 2.10. The molecular formula is C12H9N3O3. The summed E-state index contributed by atoms with van der Waals surface area (Å²) in [4.78, 5) is 15.0. The van der Waals surface area contributed by atoms with E-state index in [0.717, 1.165) is 16.6 Å². The van der Waals surface area contributed by atoms with Crippen LogP contribution in [-0.4, -0.2) is 25.8 Å². The highest BCUT2D eigenvalue weighted by molar-refractivity contribution is 5.87. The molecule has 0 atom stereocenters. The Hall–Kier alpha value is -2.63. The summed E-state index contributed by atoms with van der Waals surface area (Å²) in [5.41, 5.74) is 2.47.